The maximum atomic E-state index is 13.6. The van der Waals surface area contributed by atoms with Crippen LogP contribution in [0.3, 0.4) is 0 Å². The number of carbonyl (C=O) groups is 2. The topological polar surface area (TPSA) is 114 Å². The maximum absolute atomic E-state index is 13.6. The van der Waals surface area contributed by atoms with Crippen molar-refractivity contribution in [3.63, 3.8) is 0 Å². The summed E-state index contributed by atoms with van der Waals surface area (Å²) in [5.74, 6) is -2.12. The highest BCUT2D eigenvalue weighted by Gasteiger charge is 2.36. The Morgan fingerprint density at radius 3 is 2.39 bits per heavy atom. The SMILES string of the molecule is CC(C)C[C@@H](C(=O)NN(CC1CCC1)S(C)(=O)=O)[C@H](CC=Cc1ccccc1)C(=O)NOC1CCCCO1. The molecule has 0 bridgehead atoms. The molecule has 10 heteroatoms. The first-order valence-electron chi connectivity index (χ1n) is 13.7. The van der Waals surface area contributed by atoms with Crippen LogP contribution in [0.2, 0.25) is 0 Å². The molecule has 1 aromatic rings. The number of hydroxylamine groups is 1. The van der Waals surface area contributed by atoms with Gasteiger partial charge in [-0.2, -0.15) is 0 Å². The summed E-state index contributed by atoms with van der Waals surface area (Å²) >= 11 is 0. The van der Waals surface area contributed by atoms with Crippen molar-refractivity contribution >= 4 is 27.9 Å². The van der Waals surface area contributed by atoms with E-state index in [0.717, 1.165) is 48.3 Å². The van der Waals surface area contributed by atoms with E-state index in [2.05, 4.69) is 10.9 Å². The second-order valence-corrected chi connectivity index (χ2v) is 12.7. The van der Waals surface area contributed by atoms with Crippen LogP contribution in [-0.4, -0.2) is 50.3 Å². The molecule has 0 aromatic heterocycles. The zero-order valence-electron chi connectivity index (χ0n) is 22.8. The molecule has 1 unspecified atom stereocenters. The number of benzene rings is 1. The number of nitrogens with zero attached hydrogens (tertiary/aromatic N) is 1. The van der Waals surface area contributed by atoms with Crippen molar-refractivity contribution in [2.45, 2.75) is 71.5 Å². The fourth-order valence-corrected chi connectivity index (χ4v) is 5.45. The van der Waals surface area contributed by atoms with Crippen LogP contribution in [0.4, 0.5) is 0 Å². The molecule has 3 rings (SSSR count). The van der Waals surface area contributed by atoms with Crippen molar-refractivity contribution in [1.82, 2.24) is 15.3 Å². The molecule has 0 spiro atoms. The molecule has 1 saturated heterocycles. The Balaban J connectivity index is 1.79. The first-order chi connectivity index (χ1) is 18.1. The van der Waals surface area contributed by atoms with Gasteiger partial charge in [0.05, 0.1) is 18.1 Å². The number of ether oxygens (including phenoxy) is 1. The third-order valence-electron chi connectivity index (χ3n) is 7.10. The van der Waals surface area contributed by atoms with E-state index >= 15 is 0 Å². The molecule has 1 aliphatic heterocycles. The first-order valence-corrected chi connectivity index (χ1v) is 15.5. The van der Waals surface area contributed by atoms with E-state index in [1.807, 2.05) is 56.3 Å². The lowest BCUT2D eigenvalue weighted by Crippen LogP contribution is -2.52. The van der Waals surface area contributed by atoms with E-state index in [9.17, 15) is 18.0 Å². The van der Waals surface area contributed by atoms with Crippen LogP contribution < -0.4 is 10.9 Å². The second-order valence-electron chi connectivity index (χ2n) is 10.8. The molecule has 212 valence electrons. The highest BCUT2D eigenvalue weighted by Crippen LogP contribution is 2.29. The van der Waals surface area contributed by atoms with E-state index in [1.54, 1.807) is 0 Å². The van der Waals surface area contributed by atoms with Crippen molar-refractivity contribution in [3.8, 4) is 0 Å². The number of sulfonamides is 1. The Morgan fingerprint density at radius 1 is 1.08 bits per heavy atom. The summed E-state index contributed by atoms with van der Waals surface area (Å²) in [6, 6.07) is 9.70. The highest BCUT2D eigenvalue weighted by atomic mass is 32.2. The van der Waals surface area contributed by atoms with Gasteiger partial charge in [-0.25, -0.2) is 18.7 Å². The van der Waals surface area contributed by atoms with Crippen LogP contribution >= 0.6 is 0 Å². The van der Waals surface area contributed by atoms with Crippen LogP contribution in [0.15, 0.2) is 36.4 Å². The van der Waals surface area contributed by atoms with Gasteiger partial charge in [-0.1, -0.05) is 62.8 Å². The summed E-state index contributed by atoms with van der Waals surface area (Å²) in [6.07, 6.45) is 10.6. The van der Waals surface area contributed by atoms with Gasteiger partial charge < -0.3 is 4.74 Å². The van der Waals surface area contributed by atoms with E-state index in [4.69, 9.17) is 9.57 Å². The van der Waals surface area contributed by atoms with Gasteiger partial charge in [0, 0.05) is 19.6 Å². The molecule has 1 aromatic carbocycles. The number of nitrogens with one attached hydrogen (secondary N) is 2. The minimum absolute atomic E-state index is 0.0973. The Morgan fingerprint density at radius 2 is 1.82 bits per heavy atom. The van der Waals surface area contributed by atoms with Crippen LogP contribution in [0.25, 0.3) is 6.08 Å². The fourth-order valence-electron chi connectivity index (χ4n) is 4.71. The molecule has 3 atom stereocenters. The van der Waals surface area contributed by atoms with E-state index in [0.29, 0.717) is 19.4 Å². The van der Waals surface area contributed by atoms with Gasteiger partial charge in [0.1, 0.15) is 0 Å². The Labute approximate surface area is 227 Å². The average Bonchev–Trinajstić information content (AvgIpc) is 2.85. The Kier molecular flexibility index (Phi) is 11.8. The van der Waals surface area contributed by atoms with Gasteiger partial charge in [0.2, 0.25) is 21.8 Å². The maximum Gasteiger partial charge on any atom is 0.247 e. The lowest BCUT2D eigenvalue weighted by Gasteiger charge is -2.33. The predicted molar refractivity (Wildman–Crippen MR) is 146 cm³/mol. The summed E-state index contributed by atoms with van der Waals surface area (Å²) in [4.78, 5) is 32.6. The van der Waals surface area contributed by atoms with Gasteiger partial charge in [-0.15, -0.1) is 4.41 Å². The summed E-state index contributed by atoms with van der Waals surface area (Å²) in [6.45, 7) is 4.77. The molecule has 38 heavy (non-hydrogen) atoms. The number of hydrogen-bond acceptors (Lipinski definition) is 6. The van der Waals surface area contributed by atoms with Crippen LogP contribution in [-0.2, 0) is 29.2 Å². The summed E-state index contributed by atoms with van der Waals surface area (Å²) < 4.78 is 31.6. The molecule has 2 amide bonds. The zero-order valence-corrected chi connectivity index (χ0v) is 23.6. The lowest BCUT2D eigenvalue weighted by atomic mass is 9.82. The lowest BCUT2D eigenvalue weighted by molar-refractivity contribution is -0.203. The average molecular weight is 550 g/mol. The highest BCUT2D eigenvalue weighted by molar-refractivity contribution is 7.88. The van der Waals surface area contributed by atoms with Crippen molar-refractivity contribution in [1.29, 1.82) is 0 Å². The van der Waals surface area contributed by atoms with Gasteiger partial charge in [0.15, 0.2) is 6.29 Å². The monoisotopic (exact) mass is 549 g/mol. The van der Waals surface area contributed by atoms with Crippen LogP contribution in [0.1, 0.15) is 70.8 Å². The molecule has 2 fully saturated rings. The predicted octanol–water partition coefficient (Wildman–Crippen LogP) is 4.04. The number of allylic oxidation sites excluding steroid dienone is 1. The number of carbonyl (C=O) groups excluding carboxylic acids is 2. The van der Waals surface area contributed by atoms with Crippen molar-refractivity contribution in [2.75, 3.05) is 19.4 Å². The number of hydrogen-bond donors (Lipinski definition) is 2. The Hall–Kier alpha value is -2.27. The number of hydrazine groups is 1. The molecular formula is C28H43N3O6S. The second kappa shape index (κ2) is 14.8. The smallest absolute Gasteiger partial charge is 0.247 e. The fraction of sp³-hybridized carbons (Fsp3) is 0.643. The third kappa shape index (κ3) is 9.80. The summed E-state index contributed by atoms with van der Waals surface area (Å²) in [5.41, 5.74) is 6.16. The quantitative estimate of drug-likeness (QED) is 0.339. The minimum atomic E-state index is -3.67. The number of amides is 2. The Bertz CT molecular complexity index is 1020. The first kappa shape index (κ1) is 30.3. The van der Waals surface area contributed by atoms with Gasteiger partial charge in [-0.05, 0) is 55.9 Å². The molecule has 0 radical (unpaired) electrons. The molecule has 2 aliphatic rings. The van der Waals surface area contributed by atoms with Crippen molar-refractivity contribution in [2.24, 2.45) is 23.7 Å². The minimum Gasteiger partial charge on any atom is -0.350 e. The molecule has 1 heterocycles. The molecule has 1 saturated carbocycles. The van der Waals surface area contributed by atoms with E-state index in [1.165, 1.54) is 0 Å². The van der Waals surface area contributed by atoms with Gasteiger partial charge >= 0.3 is 0 Å². The third-order valence-corrected chi connectivity index (χ3v) is 8.14. The van der Waals surface area contributed by atoms with Crippen LogP contribution in [0, 0.1) is 23.7 Å². The number of rotatable bonds is 14. The molecular weight excluding hydrogens is 506 g/mol. The van der Waals surface area contributed by atoms with Crippen molar-refractivity contribution in [3.05, 3.63) is 42.0 Å². The van der Waals surface area contributed by atoms with Crippen LogP contribution in [0.5, 0.6) is 0 Å². The van der Waals surface area contributed by atoms with Gasteiger partial charge in [-0.3, -0.25) is 15.0 Å². The largest absolute Gasteiger partial charge is 0.350 e. The summed E-state index contributed by atoms with van der Waals surface area (Å²) in [7, 11) is -3.67. The summed E-state index contributed by atoms with van der Waals surface area (Å²) in [5, 5.41) is 0. The zero-order chi connectivity index (χ0) is 27.5. The molecule has 9 nitrogen and oxygen atoms in total. The van der Waals surface area contributed by atoms with E-state index in [-0.39, 0.29) is 24.8 Å². The molecule has 1 aliphatic carbocycles. The molecule has 2 N–H and O–H groups in total. The van der Waals surface area contributed by atoms with Gasteiger partial charge in [0.25, 0.3) is 0 Å². The standard InChI is InChI=1S/C28H43N3O6S/c1-21(2)19-25(27(32)29-31(38(3,34)35)20-23-14-9-15-23)24(16-10-13-22-11-5-4-6-12-22)28(33)30-37-26-17-7-8-18-36-26/h4-6,10-13,21,23-26H,7-9,14-20H2,1-3H3,(H,29,32)(H,30,33)/t24-,25+,26?/m0/s1. The normalized spacial score (nSPS) is 20.3. The van der Waals surface area contributed by atoms with Crippen molar-refractivity contribution < 1.29 is 27.6 Å². The van der Waals surface area contributed by atoms with E-state index < -0.39 is 40.0 Å².